The molecular weight excluding hydrogens is 632 g/mol. The van der Waals surface area contributed by atoms with E-state index >= 15 is 0 Å². The Morgan fingerprint density at radius 2 is 1.35 bits per heavy atom. The van der Waals surface area contributed by atoms with E-state index in [0.717, 1.165) is 0 Å². The number of nitrogens with one attached hydrogen (secondary N) is 6. The van der Waals surface area contributed by atoms with Crippen LogP contribution in [0.15, 0.2) is 30.3 Å². The molecule has 0 bridgehead atoms. The predicted molar refractivity (Wildman–Crippen MR) is 170 cm³/mol. The summed E-state index contributed by atoms with van der Waals surface area (Å²) in [4.78, 5) is 99.5. The number of carbonyl (C=O) groups is 8. The number of aliphatic hydroxyl groups is 1. The topological polar surface area (TPSA) is 301 Å². The molecule has 0 aromatic heterocycles. The Hall–Kier alpha value is -5.10. The molecule has 7 amide bonds. The molecule has 18 nitrogen and oxygen atoms in total. The van der Waals surface area contributed by atoms with Gasteiger partial charge in [0.15, 0.2) is 0 Å². The van der Waals surface area contributed by atoms with Crippen LogP contribution in [0.1, 0.15) is 45.6 Å². The first-order valence-corrected chi connectivity index (χ1v) is 15.2. The quantitative estimate of drug-likeness (QED) is 0.0561. The molecule has 0 heterocycles. The van der Waals surface area contributed by atoms with Gasteiger partial charge in [-0.2, -0.15) is 0 Å². The summed E-state index contributed by atoms with van der Waals surface area (Å²) in [6.07, 6.45) is -1.15. The van der Waals surface area contributed by atoms with Gasteiger partial charge < -0.3 is 53.6 Å². The van der Waals surface area contributed by atoms with Gasteiger partial charge in [-0.1, -0.05) is 44.2 Å². The Labute approximate surface area is 277 Å². The van der Waals surface area contributed by atoms with Gasteiger partial charge in [-0.15, -0.1) is 0 Å². The highest BCUT2D eigenvalue weighted by Gasteiger charge is 2.32. The van der Waals surface area contributed by atoms with E-state index in [-0.39, 0.29) is 26.1 Å². The summed E-state index contributed by atoms with van der Waals surface area (Å²) in [5, 5.41) is 32.3. The molecule has 5 atom stereocenters. The summed E-state index contributed by atoms with van der Waals surface area (Å²) in [5.41, 5.74) is 11.5. The first-order chi connectivity index (χ1) is 22.5. The molecule has 0 aliphatic carbocycles. The number of carboxylic acids is 1. The molecule has 0 aliphatic heterocycles. The van der Waals surface area contributed by atoms with Gasteiger partial charge in [-0.25, -0.2) is 0 Å². The van der Waals surface area contributed by atoms with Gasteiger partial charge in [-0.05, 0) is 24.8 Å². The fourth-order valence-corrected chi connectivity index (χ4v) is 4.14. The lowest BCUT2D eigenvalue weighted by Crippen LogP contribution is -2.59. The Balaban J connectivity index is 3.00. The largest absolute Gasteiger partial charge is 0.481 e. The first kappa shape index (κ1) is 40.9. The fraction of sp³-hybridized carbons (Fsp3) is 0.533. The van der Waals surface area contributed by atoms with Crippen LogP contribution < -0.4 is 43.4 Å². The van der Waals surface area contributed by atoms with E-state index in [4.69, 9.17) is 21.7 Å². The Morgan fingerprint density at radius 3 is 1.92 bits per heavy atom. The zero-order valence-electron chi connectivity index (χ0n) is 27.1. The number of aliphatic carboxylic acids is 1. The number of hydrogen-bond donors (Lipinski definition) is 10. The highest BCUT2D eigenvalue weighted by Crippen LogP contribution is 2.07. The number of benzene rings is 1. The zero-order chi connectivity index (χ0) is 36.4. The van der Waals surface area contributed by atoms with Gasteiger partial charge >= 0.3 is 5.97 Å². The van der Waals surface area contributed by atoms with Crippen molar-refractivity contribution in [1.29, 1.82) is 0 Å². The highest BCUT2D eigenvalue weighted by atomic mass is 16.4. The third-order valence-corrected chi connectivity index (χ3v) is 6.76. The Morgan fingerprint density at radius 1 is 0.750 bits per heavy atom. The molecule has 0 aliphatic rings. The number of nitrogens with two attached hydrogens (primary N) is 2. The minimum Gasteiger partial charge on any atom is -0.481 e. The molecule has 48 heavy (non-hydrogen) atoms. The maximum Gasteiger partial charge on any atom is 0.305 e. The van der Waals surface area contributed by atoms with E-state index in [9.17, 15) is 38.4 Å². The molecule has 12 N–H and O–H groups in total. The van der Waals surface area contributed by atoms with Crippen LogP contribution in [-0.4, -0.2) is 107 Å². The highest BCUT2D eigenvalue weighted by molar-refractivity contribution is 5.98. The van der Waals surface area contributed by atoms with E-state index < -0.39 is 96.3 Å². The van der Waals surface area contributed by atoms with Crippen LogP contribution in [-0.2, 0) is 44.8 Å². The molecule has 1 aromatic rings. The monoisotopic (exact) mass is 678 g/mol. The number of rotatable bonds is 21. The van der Waals surface area contributed by atoms with Crippen molar-refractivity contribution < 1.29 is 48.6 Å². The number of carboxylic acid groups (broad SMARTS) is 1. The average Bonchev–Trinajstić information content (AvgIpc) is 3.01. The third-order valence-electron chi connectivity index (χ3n) is 6.76. The molecule has 18 heteroatoms. The molecule has 0 fully saturated rings. The van der Waals surface area contributed by atoms with Crippen LogP contribution in [0.25, 0.3) is 0 Å². The van der Waals surface area contributed by atoms with Crippen molar-refractivity contribution in [3.63, 3.8) is 0 Å². The van der Waals surface area contributed by atoms with Crippen LogP contribution in [0, 0.1) is 5.92 Å². The van der Waals surface area contributed by atoms with Crippen LogP contribution in [0.2, 0.25) is 0 Å². The summed E-state index contributed by atoms with van der Waals surface area (Å²) >= 11 is 0. The molecular formula is C30H46N8O10. The number of amides is 7. The van der Waals surface area contributed by atoms with Crippen molar-refractivity contribution in [2.45, 2.75) is 76.7 Å². The molecule has 1 rings (SSSR count). The molecule has 0 saturated heterocycles. The van der Waals surface area contributed by atoms with Crippen LogP contribution >= 0.6 is 0 Å². The van der Waals surface area contributed by atoms with E-state index in [1.54, 1.807) is 44.2 Å². The summed E-state index contributed by atoms with van der Waals surface area (Å²) in [6, 6.07) is 1.60. The van der Waals surface area contributed by atoms with Crippen molar-refractivity contribution in [3.8, 4) is 0 Å². The van der Waals surface area contributed by atoms with Crippen molar-refractivity contribution in [2.75, 3.05) is 19.7 Å². The Bertz CT molecular complexity index is 1290. The fourth-order valence-electron chi connectivity index (χ4n) is 4.14. The van der Waals surface area contributed by atoms with Crippen LogP contribution in [0.3, 0.4) is 0 Å². The SMILES string of the molecule is CC(NC(=O)C(CC(N)=O)NC(=O)C(Cc1ccccc1)NC(=O)C(N)CC(=O)O)C(=O)NC(C(=O)NCC(=O)NCCCO)C(C)C. The number of carbonyl (C=O) groups excluding carboxylic acids is 7. The summed E-state index contributed by atoms with van der Waals surface area (Å²) in [5.74, 6) is -7.56. The van der Waals surface area contributed by atoms with Crippen molar-refractivity contribution in [1.82, 2.24) is 31.9 Å². The van der Waals surface area contributed by atoms with Crippen molar-refractivity contribution in [2.24, 2.45) is 17.4 Å². The second-order valence-electron chi connectivity index (χ2n) is 11.3. The second-order valence-corrected chi connectivity index (χ2v) is 11.3. The lowest BCUT2D eigenvalue weighted by Gasteiger charge is -2.26. The maximum absolute atomic E-state index is 13.3. The minimum atomic E-state index is -1.60. The Kier molecular flexibility index (Phi) is 17.8. The van der Waals surface area contributed by atoms with Gasteiger partial charge in [0, 0.05) is 19.6 Å². The van der Waals surface area contributed by atoms with Gasteiger partial charge in [0.1, 0.15) is 24.2 Å². The summed E-state index contributed by atoms with van der Waals surface area (Å²) in [7, 11) is 0. The lowest BCUT2D eigenvalue weighted by molar-refractivity contribution is -0.140. The van der Waals surface area contributed by atoms with Crippen molar-refractivity contribution in [3.05, 3.63) is 35.9 Å². The van der Waals surface area contributed by atoms with E-state index in [0.29, 0.717) is 12.0 Å². The average molecular weight is 679 g/mol. The minimum absolute atomic E-state index is 0.0924. The van der Waals surface area contributed by atoms with Gasteiger partial charge in [0.25, 0.3) is 0 Å². The van der Waals surface area contributed by atoms with Crippen molar-refractivity contribution >= 4 is 47.3 Å². The summed E-state index contributed by atoms with van der Waals surface area (Å²) < 4.78 is 0. The molecule has 1 aromatic carbocycles. The molecule has 0 radical (unpaired) electrons. The van der Waals surface area contributed by atoms with Gasteiger partial charge in [0.05, 0.1) is 25.4 Å². The molecule has 0 saturated carbocycles. The predicted octanol–water partition coefficient (Wildman–Crippen LogP) is -3.86. The van der Waals surface area contributed by atoms with Gasteiger partial charge in [0.2, 0.25) is 41.4 Å². The van der Waals surface area contributed by atoms with E-state index in [2.05, 4.69) is 31.9 Å². The molecule has 266 valence electrons. The summed E-state index contributed by atoms with van der Waals surface area (Å²) in [6.45, 7) is 4.31. The number of hydrogen-bond acceptors (Lipinski definition) is 10. The smallest absolute Gasteiger partial charge is 0.305 e. The standard InChI is InChI=1S/C30H46N8O10/c1-16(2)25(30(48)34-15-23(41)33-10-7-11-39)38-26(44)17(3)35-28(46)21(14-22(32)40)37-29(47)20(12-18-8-5-4-6-9-18)36-27(45)19(31)13-24(42)43/h4-6,8-9,16-17,19-21,25,39H,7,10-15,31H2,1-3H3,(H2,32,40)(H,33,41)(H,34,48)(H,35,46)(H,36,45)(H,37,47)(H,38,44)(H,42,43). The van der Waals surface area contributed by atoms with E-state index in [1.807, 2.05) is 0 Å². The zero-order valence-corrected chi connectivity index (χ0v) is 27.1. The van der Waals surface area contributed by atoms with Crippen LogP contribution in [0.5, 0.6) is 0 Å². The number of aliphatic hydroxyl groups excluding tert-OH is 1. The lowest BCUT2D eigenvalue weighted by atomic mass is 10.0. The van der Waals surface area contributed by atoms with E-state index in [1.165, 1.54) is 6.92 Å². The maximum atomic E-state index is 13.3. The molecule has 5 unspecified atom stereocenters. The third kappa shape index (κ3) is 15.5. The molecule has 0 spiro atoms. The number of primary amides is 1. The first-order valence-electron chi connectivity index (χ1n) is 15.2. The van der Waals surface area contributed by atoms with Gasteiger partial charge in [-0.3, -0.25) is 38.4 Å². The van der Waals surface area contributed by atoms with Crippen LogP contribution in [0.4, 0.5) is 0 Å². The second kappa shape index (κ2) is 20.9. The normalized spacial score (nSPS) is 13.9.